The Morgan fingerprint density at radius 2 is 1.89 bits per heavy atom. The van der Waals surface area contributed by atoms with Crippen LogP contribution in [0.1, 0.15) is 38.8 Å². The molecule has 27 heavy (non-hydrogen) atoms. The monoisotopic (exact) mass is 367 g/mol. The highest BCUT2D eigenvalue weighted by molar-refractivity contribution is 5.80. The Balaban J connectivity index is 1.48. The molecule has 4 nitrogen and oxygen atoms in total. The van der Waals surface area contributed by atoms with Crippen LogP contribution in [0.3, 0.4) is 0 Å². The van der Waals surface area contributed by atoms with Crippen molar-refractivity contribution in [2.24, 2.45) is 5.92 Å². The molecule has 1 heterocycles. The van der Waals surface area contributed by atoms with Gasteiger partial charge in [0.05, 0.1) is 6.61 Å². The van der Waals surface area contributed by atoms with Gasteiger partial charge in [0, 0.05) is 12.5 Å². The van der Waals surface area contributed by atoms with Gasteiger partial charge >= 0.3 is 0 Å². The maximum absolute atomic E-state index is 12.4. The first kappa shape index (κ1) is 19.3. The van der Waals surface area contributed by atoms with Crippen molar-refractivity contribution < 1.29 is 14.3 Å². The molecule has 144 valence electrons. The van der Waals surface area contributed by atoms with Gasteiger partial charge in [-0.25, -0.2) is 0 Å². The van der Waals surface area contributed by atoms with E-state index in [-0.39, 0.29) is 17.2 Å². The number of ether oxygens (including phenoxy) is 2. The van der Waals surface area contributed by atoms with Crippen LogP contribution < -0.4 is 14.8 Å². The Hall–Kier alpha value is -2.49. The number of amides is 1. The Morgan fingerprint density at radius 3 is 2.59 bits per heavy atom. The quantitative estimate of drug-likeness (QED) is 0.865. The second kappa shape index (κ2) is 8.03. The van der Waals surface area contributed by atoms with Gasteiger partial charge in [-0.05, 0) is 48.1 Å². The fourth-order valence-electron chi connectivity index (χ4n) is 3.20. The number of hydrogen-bond acceptors (Lipinski definition) is 3. The first-order valence-corrected chi connectivity index (χ1v) is 9.58. The van der Waals surface area contributed by atoms with Crippen molar-refractivity contribution in [1.29, 1.82) is 0 Å². The van der Waals surface area contributed by atoms with Crippen LogP contribution in [0, 0.1) is 5.92 Å². The van der Waals surface area contributed by atoms with Crippen LogP contribution in [-0.2, 0) is 16.6 Å². The molecule has 0 bridgehead atoms. The number of hydrogen-bond donors (Lipinski definition) is 1. The van der Waals surface area contributed by atoms with Crippen LogP contribution in [0.25, 0.3) is 0 Å². The number of benzene rings is 2. The second-order valence-electron chi connectivity index (χ2n) is 8.27. The van der Waals surface area contributed by atoms with Gasteiger partial charge in [0.1, 0.15) is 11.5 Å². The third-order valence-corrected chi connectivity index (χ3v) is 4.92. The Kier molecular flexibility index (Phi) is 5.73. The molecule has 0 saturated carbocycles. The number of nitrogens with one attached hydrogen (secondary N) is 1. The lowest BCUT2D eigenvalue weighted by Gasteiger charge is -2.26. The summed E-state index contributed by atoms with van der Waals surface area (Å²) < 4.78 is 11.6. The zero-order chi connectivity index (χ0) is 19.4. The lowest BCUT2D eigenvalue weighted by atomic mass is 9.87. The van der Waals surface area contributed by atoms with E-state index in [1.165, 1.54) is 11.1 Å². The Bertz CT molecular complexity index is 777. The van der Waals surface area contributed by atoms with E-state index < -0.39 is 6.10 Å². The number of carbonyl (C=O) groups is 1. The van der Waals surface area contributed by atoms with E-state index in [9.17, 15) is 4.79 Å². The third kappa shape index (κ3) is 5.03. The van der Waals surface area contributed by atoms with Crippen LogP contribution in [0.15, 0.2) is 48.5 Å². The van der Waals surface area contributed by atoms with Crippen molar-refractivity contribution in [2.75, 3.05) is 13.2 Å². The average Bonchev–Trinajstić information content (AvgIpc) is 2.65. The van der Waals surface area contributed by atoms with E-state index >= 15 is 0 Å². The molecule has 0 spiro atoms. The van der Waals surface area contributed by atoms with Crippen LogP contribution in [0.2, 0.25) is 0 Å². The number of rotatable bonds is 5. The number of carbonyl (C=O) groups excluding carboxylic acids is 1. The van der Waals surface area contributed by atoms with Crippen LogP contribution in [0.4, 0.5) is 0 Å². The molecule has 2 unspecified atom stereocenters. The highest BCUT2D eigenvalue weighted by atomic mass is 16.5. The summed E-state index contributed by atoms with van der Waals surface area (Å²) in [6.07, 6.45) is 0.377. The molecule has 0 radical (unpaired) electrons. The molecule has 4 heteroatoms. The summed E-state index contributed by atoms with van der Waals surface area (Å²) in [7, 11) is 0. The molecular weight excluding hydrogens is 338 g/mol. The molecule has 0 aliphatic carbocycles. The molecule has 1 aliphatic rings. The van der Waals surface area contributed by atoms with Crippen molar-refractivity contribution in [3.8, 4) is 11.5 Å². The minimum absolute atomic E-state index is 0.0994. The lowest BCUT2D eigenvalue weighted by molar-refractivity contribution is -0.127. The highest BCUT2D eigenvalue weighted by Crippen LogP contribution is 2.27. The second-order valence-corrected chi connectivity index (χ2v) is 8.27. The summed E-state index contributed by atoms with van der Waals surface area (Å²) in [6, 6.07) is 16.0. The van der Waals surface area contributed by atoms with Crippen molar-refractivity contribution in [3.05, 3.63) is 59.7 Å². The standard InChI is InChI=1S/C23H29NO3/c1-16(27-20-11-9-19(10-12-20)23(2,3)4)22(25)24-14-17-13-18-7-5-6-8-21(18)26-15-17/h5-12,16-17H,13-15H2,1-4H3,(H,24,25). The zero-order valence-electron chi connectivity index (χ0n) is 16.6. The maximum atomic E-state index is 12.4. The lowest BCUT2D eigenvalue weighted by Crippen LogP contribution is -2.41. The van der Waals surface area contributed by atoms with E-state index in [2.05, 4.69) is 44.3 Å². The molecule has 0 fully saturated rings. The summed E-state index contributed by atoms with van der Waals surface area (Å²) in [5.41, 5.74) is 2.54. The van der Waals surface area contributed by atoms with Gasteiger partial charge in [0.2, 0.25) is 0 Å². The minimum Gasteiger partial charge on any atom is -0.493 e. The predicted molar refractivity (Wildman–Crippen MR) is 107 cm³/mol. The van der Waals surface area contributed by atoms with E-state index in [0.29, 0.717) is 18.9 Å². The smallest absolute Gasteiger partial charge is 0.260 e. The van der Waals surface area contributed by atoms with E-state index in [1.807, 2.05) is 30.3 Å². The Labute approximate surface area is 161 Å². The molecule has 1 aliphatic heterocycles. The fourth-order valence-corrected chi connectivity index (χ4v) is 3.20. The van der Waals surface area contributed by atoms with Gasteiger partial charge in [-0.2, -0.15) is 0 Å². The normalized spacial score (nSPS) is 17.4. The molecule has 1 amide bonds. The molecule has 0 aromatic heterocycles. The molecule has 3 rings (SSSR count). The molecular formula is C23H29NO3. The zero-order valence-corrected chi connectivity index (χ0v) is 16.6. The van der Waals surface area contributed by atoms with E-state index in [1.54, 1.807) is 6.92 Å². The summed E-state index contributed by atoms with van der Waals surface area (Å²) in [5.74, 6) is 1.84. The van der Waals surface area contributed by atoms with E-state index in [0.717, 1.165) is 12.2 Å². The molecule has 1 N–H and O–H groups in total. The first-order valence-electron chi connectivity index (χ1n) is 9.58. The summed E-state index contributed by atoms with van der Waals surface area (Å²) in [4.78, 5) is 12.4. The summed E-state index contributed by atoms with van der Waals surface area (Å²) in [5, 5.41) is 2.99. The molecule has 2 aromatic carbocycles. The number of fused-ring (bicyclic) bond motifs is 1. The summed E-state index contributed by atoms with van der Waals surface area (Å²) >= 11 is 0. The van der Waals surface area contributed by atoms with Gasteiger partial charge < -0.3 is 14.8 Å². The van der Waals surface area contributed by atoms with Crippen LogP contribution in [-0.4, -0.2) is 25.2 Å². The van der Waals surface area contributed by atoms with Gasteiger partial charge in [0.25, 0.3) is 5.91 Å². The number of para-hydroxylation sites is 1. The third-order valence-electron chi connectivity index (χ3n) is 4.92. The van der Waals surface area contributed by atoms with Crippen molar-refractivity contribution in [2.45, 2.75) is 45.6 Å². The van der Waals surface area contributed by atoms with Gasteiger partial charge in [-0.1, -0.05) is 51.1 Å². The van der Waals surface area contributed by atoms with Gasteiger partial charge in [-0.3, -0.25) is 4.79 Å². The molecule has 0 saturated heterocycles. The topological polar surface area (TPSA) is 47.6 Å². The predicted octanol–water partition coefficient (Wildman–Crippen LogP) is 4.12. The van der Waals surface area contributed by atoms with Crippen molar-refractivity contribution in [1.82, 2.24) is 5.32 Å². The fraction of sp³-hybridized carbons (Fsp3) is 0.435. The molecule has 2 atom stereocenters. The van der Waals surface area contributed by atoms with Crippen molar-refractivity contribution in [3.63, 3.8) is 0 Å². The Morgan fingerprint density at radius 1 is 1.19 bits per heavy atom. The SMILES string of the molecule is CC(Oc1ccc(C(C)(C)C)cc1)C(=O)NCC1COc2ccccc2C1. The molecule has 2 aromatic rings. The first-order chi connectivity index (χ1) is 12.8. The van der Waals surface area contributed by atoms with Crippen LogP contribution in [0.5, 0.6) is 11.5 Å². The highest BCUT2D eigenvalue weighted by Gasteiger charge is 2.22. The maximum Gasteiger partial charge on any atom is 0.260 e. The van der Waals surface area contributed by atoms with E-state index in [4.69, 9.17) is 9.47 Å². The van der Waals surface area contributed by atoms with Gasteiger partial charge in [-0.15, -0.1) is 0 Å². The van der Waals surface area contributed by atoms with Gasteiger partial charge in [0.15, 0.2) is 6.10 Å². The summed E-state index contributed by atoms with van der Waals surface area (Å²) in [6.45, 7) is 9.51. The van der Waals surface area contributed by atoms with Crippen LogP contribution >= 0.6 is 0 Å². The average molecular weight is 367 g/mol. The largest absolute Gasteiger partial charge is 0.493 e. The minimum atomic E-state index is -0.540. The van der Waals surface area contributed by atoms with Crippen molar-refractivity contribution >= 4 is 5.91 Å².